The molecule has 1 radical (unpaired) electrons. The highest BCUT2D eigenvalue weighted by Crippen LogP contribution is 2.24. The Kier molecular flexibility index (Phi) is 4.42. The van der Waals surface area contributed by atoms with E-state index in [1.807, 2.05) is 27.7 Å². The Bertz CT molecular complexity index is 107. The van der Waals surface area contributed by atoms with Crippen LogP contribution in [0.2, 0.25) is 0 Å². The average Bonchev–Trinajstić information content (AvgIpc) is 1.82. The second kappa shape index (κ2) is 4.32. The van der Waals surface area contributed by atoms with E-state index in [1.54, 1.807) is 0 Å². The summed E-state index contributed by atoms with van der Waals surface area (Å²) in [5, 5.41) is 11.4. The monoisotopic (exact) mass is 177 g/mol. The normalized spacial score (nSPS) is 18.0. The molecular formula is C9H18ClO. The molecular weight excluding hydrogens is 160 g/mol. The van der Waals surface area contributed by atoms with Gasteiger partial charge in [0, 0.05) is 4.87 Å². The van der Waals surface area contributed by atoms with Gasteiger partial charge in [-0.05, 0) is 26.2 Å². The van der Waals surface area contributed by atoms with Gasteiger partial charge in [-0.3, -0.25) is 0 Å². The first-order valence-electron chi connectivity index (χ1n) is 4.21. The standard InChI is InChI=1S/C9H18ClO/c1-5-7(2)8(11)6-9(3,4)10/h7-8H,5-6H2,1-4H3. The van der Waals surface area contributed by atoms with Crippen molar-refractivity contribution in [3.8, 4) is 0 Å². The molecule has 2 heteroatoms. The molecule has 0 aliphatic heterocycles. The molecule has 0 aliphatic carbocycles. The minimum Gasteiger partial charge on any atom is -0.233 e. The summed E-state index contributed by atoms with van der Waals surface area (Å²) < 4.78 is 0. The van der Waals surface area contributed by atoms with Crippen LogP contribution in [0, 0.1) is 5.92 Å². The molecule has 67 valence electrons. The molecule has 0 heterocycles. The molecule has 0 amide bonds. The first-order valence-corrected chi connectivity index (χ1v) is 4.59. The Morgan fingerprint density at radius 2 is 1.91 bits per heavy atom. The third-order valence-corrected chi connectivity index (χ3v) is 2.12. The molecule has 2 atom stereocenters. The van der Waals surface area contributed by atoms with E-state index in [0.29, 0.717) is 6.42 Å². The number of hydrogen-bond acceptors (Lipinski definition) is 0. The summed E-state index contributed by atoms with van der Waals surface area (Å²) in [6, 6.07) is 0. The van der Waals surface area contributed by atoms with Gasteiger partial charge in [-0.25, -0.2) is 5.11 Å². The highest BCUT2D eigenvalue weighted by Gasteiger charge is 2.23. The Morgan fingerprint density at radius 1 is 1.45 bits per heavy atom. The van der Waals surface area contributed by atoms with Crippen LogP contribution in [0.3, 0.4) is 0 Å². The van der Waals surface area contributed by atoms with Crippen LogP contribution in [0.5, 0.6) is 0 Å². The minimum atomic E-state index is -0.507. The van der Waals surface area contributed by atoms with Gasteiger partial charge in [-0.2, -0.15) is 0 Å². The summed E-state index contributed by atoms with van der Waals surface area (Å²) in [6.45, 7) is 7.81. The van der Waals surface area contributed by atoms with Crippen molar-refractivity contribution >= 4 is 11.6 Å². The summed E-state index contributed by atoms with van der Waals surface area (Å²) in [7, 11) is 0. The predicted octanol–water partition coefficient (Wildman–Crippen LogP) is 3.24. The van der Waals surface area contributed by atoms with Gasteiger partial charge in [0.1, 0.15) is 0 Å². The second-order valence-corrected chi connectivity index (χ2v) is 4.87. The smallest absolute Gasteiger partial charge is 0.0971 e. The SMILES string of the molecule is CCC(C)C([O])CC(C)(C)Cl. The molecule has 0 N–H and O–H groups in total. The lowest BCUT2D eigenvalue weighted by atomic mass is 9.94. The van der Waals surface area contributed by atoms with E-state index in [9.17, 15) is 5.11 Å². The molecule has 0 fully saturated rings. The van der Waals surface area contributed by atoms with Crippen LogP contribution in [0.15, 0.2) is 0 Å². The lowest BCUT2D eigenvalue weighted by Gasteiger charge is -2.22. The lowest BCUT2D eigenvalue weighted by molar-refractivity contribution is 0.0284. The van der Waals surface area contributed by atoms with E-state index in [1.165, 1.54) is 0 Å². The van der Waals surface area contributed by atoms with Crippen LogP contribution < -0.4 is 0 Å². The Hall–Kier alpha value is 0.250. The fourth-order valence-corrected chi connectivity index (χ4v) is 1.09. The number of alkyl halides is 1. The Balaban J connectivity index is 3.77. The van der Waals surface area contributed by atoms with E-state index >= 15 is 0 Å². The van der Waals surface area contributed by atoms with Crippen LogP contribution in [0.25, 0.3) is 0 Å². The summed E-state index contributed by atoms with van der Waals surface area (Å²) >= 11 is 5.93. The molecule has 0 aromatic rings. The minimum absolute atomic E-state index is 0.244. The molecule has 2 unspecified atom stereocenters. The highest BCUT2D eigenvalue weighted by atomic mass is 35.5. The number of hydrogen-bond donors (Lipinski definition) is 0. The van der Waals surface area contributed by atoms with Crippen LogP contribution in [0.4, 0.5) is 0 Å². The van der Waals surface area contributed by atoms with Crippen molar-refractivity contribution in [3.63, 3.8) is 0 Å². The van der Waals surface area contributed by atoms with Crippen molar-refractivity contribution in [1.29, 1.82) is 0 Å². The zero-order valence-corrected chi connectivity index (χ0v) is 8.61. The van der Waals surface area contributed by atoms with Gasteiger partial charge in [0.2, 0.25) is 0 Å². The maximum absolute atomic E-state index is 11.4. The Morgan fingerprint density at radius 3 is 2.18 bits per heavy atom. The van der Waals surface area contributed by atoms with Gasteiger partial charge in [-0.1, -0.05) is 20.3 Å². The van der Waals surface area contributed by atoms with Gasteiger partial charge in [0.05, 0.1) is 6.10 Å². The fourth-order valence-electron chi connectivity index (χ4n) is 0.942. The van der Waals surface area contributed by atoms with Gasteiger partial charge in [0.15, 0.2) is 0 Å². The summed E-state index contributed by atoms with van der Waals surface area (Å²) in [5.74, 6) is 0.244. The molecule has 0 rings (SSSR count). The topological polar surface area (TPSA) is 19.9 Å². The van der Waals surface area contributed by atoms with E-state index in [0.717, 1.165) is 6.42 Å². The molecule has 0 saturated carbocycles. The zero-order valence-electron chi connectivity index (χ0n) is 7.86. The van der Waals surface area contributed by atoms with Crippen LogP contribution >= 0.6 is 11.6 Å². The molecule has 11 heavy (non-hydrogen) atoms. The van der Waals surface area contributed by atoms with Crippen molar-refractivity contribution in [1.82, 2.24) is 0 Å². The molecule has 0 aromatic carbocycles. The quantitative estimate of drug-likeness (QED) is 0.588. The van der Waals surface area contributed by atoms with Gasteiger partial charge >= 0.3 is 0 Å². The van der Waals surface area contributed by atoms with Gasteiger partial charge in [-0.15, -0.1) is 11.6 Å². The van der Waals surface area contributed by atoms with Crippen molar-refractivity contribution in [3.05, 3.63) is 0 Å². The number of halogens is 1. The van der Waals surface area contributed by atoms with Gasteiger partial charge in [0.25, 0.3) is 0 Å². The van der Waals surface area contributed by atoms with Crippen LogP contribution in [0.1, 0.15) is 40.5 Å². The summed E-state index contributed by atoms with van der Waals surface area (Å²) in [6.07, 6.45) is 0.998. The van der Waals surface area contributed by atoms with E-state index in [-0.39, 0.29) is 10.8 Å². The molecule has 0 bridgehead atoms. The molecule has 0 saturated heterocycles. The van der Waals surface area contributed by atoms with Gasteiger partial charge < -0.3 is 0 Å². The van der Waals surface area contributed by atoms with E-state index < -0.39 is 6.10 Å². The van der Waals surface area contributed by atoms with Crippen molar-refractivity contribution in [2.45, 2.75) is 51.5 Å². The molecule has 0 aliphatic rings. The number of rotatable bonds is 4. The maximum Gasteiger partial charge on any atom is 0.0971 e. The van der Waals surface area contributed by atoms with Crippen molar-refractivity contribution in [2.24, 2.45) is 5.92 Å². The molecule has 1 nitrogen and oxygen atoms in total. The Labute approximate surface area is 74.8 Å². The first kappa shape index (κ1) is 11.2. The lowest BCUT2D eigenvalue weighted by Crippen LogP contribution is -2.24. The fraction of sp³-hybridized carbons (Fsp3) is 1.00. The van der Waals surface area contributed by atoms with E-state index in [4.69, 9.17) is 11.6 Å². The van der Waals surface area contributed by atoms with Crippen LogP contribution in [-0.4, -0.2) is 11.0 Å². The summed E-state index contributed by atoms with van der Waals surface area (Å²) in [4.78, 5) is -0.337. The molecule has 0 spiro atoms. The third kappa shape index (κ3) is 5.51. The maximum atomic E-state index is 11.4. The zero-order chi connectivity index (χ0) is 9.07. The third-order valence-electron chi connectivity index (χ3n) is 1.97. The molecule has 0 aromatic heterocycles. The second-order valence-electron chi connectivity index (χ2n) is 3.85. The highest BCUT2D eigenvalue weighted by molar-refractivity contribution is 6.23. The summed E-state index contributed by atoms with van der Waals surface area (Å²) in [5.41, 5.74) is 0. The average molecular weight is 178 g/mol. The van der Waals surface area contributed by atoms with Crippen LogP contribution in [-0.2, 0) is 5.11 Å². The van der Waals surface area contributed by atoms with Crippen molar-refractivity contribution in [2.75, 3.05) is 0 Å². The van der Waals surface area contributed by atoms with E-state index in [2.05, 4.69) is 0 Å². The predicted molar refractivity (Wildman–Crippen MR) is 48.5 cm³/mol. The largest absolute Gasteiger partial charge is 0.233 e. The first-order chi connectivity index (χ1) is 4.87. The van der Waals surface area contributed by atoms with Crippen molar-refractivity contribution < 1.29 is 5.11 Å².